The molecule has 3 rings (SSSR count). The predicted molar refractivity (Wildman–Crippen MR) is 107 cm³/mol. The number of amides is 1. The van der Waals surface area contributed by atoms with Crippen molar-refractivity contribution in [2.45, 2.75) is 13.5 Å². The number of hydrogen-bond acceptors (Lipinski definition) is 6. The summed E-state index contributed by atoms with van der Waals surface area (Å²) in [4.78, 5) is 34.8. The van der Waals surface area contributed by atoms with Crippen molar-refractivity contribution in [1.82, 2.24) is 9.78 Å². The zero-order chi connectivity index (χ0) is 21.0. The first-order valence-electron chi connectivity index (χ1n) is 8.65. The summed E-state index contributed by atoms with van der Waals surface area (Å²) in [5.74, 6) is -0.380. The molecule has 0 saturated carbocycles. The number of benzene rings is 2. The number of methoxy groups -OCH3 is 1. The third-order valence-corrected chi connectivity index (χ3v) is 4.18. The van der Waals surface area contributed by atoms with Gasteiger partial charge in [0.2, 0.25) is 5.91 Å². The number of carbonyl (C=O) groups is 1. The van der Waals surface area contributed by atoms with Crippen LogP contribution in [-0.2, 0) is 11.3 Å². The van der Waals surface area contributed by atoms with Crippen LogP contribution < -0.4 is 15.6 Å². The highest BCUT2D eigenvalue weighted by molar-refractivity contribution is 5.92. The second-order valence-electron chi connectivity index (χ2n) is 6.27. The lowest BCUT2D eigenvalue weighted by Crippen LogP contribution is -2.29. The lowest BCUT2D eigenvalue weighted by atomic mass is 10.1. The van der Waals surface area contributed by atoms with Crippen LogP contribution in [0, 0.1) is 17.0 Å². The van der Waals surface area contributed by atoms with Crippen LogP contribution in [0.1, 0.15) is 5.56 Å². The molecule has 0 fully saturated rings. The molecular formula is C20H18N4O5. The Kier molecular flexibility index (Phi) is 5.68. The van der Waals surface area contributed by atoms with Gasteiger partial charge in [0.05, 0.1) is 29.5 Å². The van der Waals surface area contributed by atoms with E-state index in [1.807, 2.05) is 31.2 Å². The fraction of sp³-hybridized carbons (Fsp3) is 0.150. The third-order valence-electron chi connectivity index (χ3n) is 4.18. The standard InChI is InChI=1S/C20H18N4O5/c1-13-3-5-14(6-4-13)16-9-10-20(26)23(22-16)12-19(25)21-17-8-7-15(24(27)28)11-18(17)29-2/h3-11H,12H2,1-2H3,(H,21,25). The van der Waals surface area contributed by atoms with Gasteiger partial charge in [0, 0.05) is 17.7 Å². The molecule has 0 spiro atoms. The number of nitrogens with zero attached hydrogens (tertiary/aromatic N) is 3. The van der Waals surface area contributed by atoms with Crippen LogP contribution in [0.3, 0.4) is 0 Å². The molecule has 0 unspecified atom stereocenters. The number of nitro benzene ring substituents is 1. The molecule has 0 bridgehead atoms. The Bertz CT molecular complexity index is 1120. The lowest BCUT2D eigenvalue weighted by Gasteiger charge is -2.11. The van der Waals surface area contributed by atoms with E-state index in [-0.39, 0.29) is 23.7 Å². The van der Waals surface area contributed by atoms with Crippen LogP contribution in [-0.4, -0.2) is 27.7 Å². The zero-order valence-corrected chi connectivity index (χ0v) is 15.8. The van der Waals surface area contributed by atoms with Crippen LogP contribution in [0.25, 0.3) is 11.3 Å². The number of carbonyl (C=O) groups excluding carboxylic acids is 1. The van der Waals surface area contributed by atoms with Gasteiger partial charge < -0.3 is 10.1 Å². The van der Waals surface area contributed by atoms with E-state index in [0.29, 0.717) is 5.69 Å². The molecule has 0 aliphatic rings. The molecule has 9 heteroatoms. The van der Waals surface area contributed by atoms with Crippen LogP contribution >= 0.6 is 0 Å². The summed E-state index contributed by atoms with van der Waals surface area (Å²) in [6.07, 6.45) is 0. The van der Waals surface area contributed by atoms with Crippen molar-refractivity contribution in [3.63, 3.8) is 0 Å². The van der Waals surface area contributed by atoms with Crippen molar-refractivity contribution in [3.8, 4) is 17.0 Å². The number of non-ortho nitro benzene ring substituents is 1. The van der Waals surface area contributed by atoms with E-state index in [1.165, 1.54) is 31.4 Å². The first kappa shape index (κ1) is 19.7. The Balaban J connectivity index is 1.80. The lowest BCUT2D eigenvalue weighted by molar-refractivity contribution is -0.384. The summed E-state index contributed by atoms with van der Waals surface area (Å²) in [5.41, 5.74) is 2.15. The third kappa shape index (κ3) is 4.64. The van der Waals surface area contributed by atoms with E-state index < -0.39 is 16.4 Å². The van der Waals surface area contributed by atoms with E-state index in [4.69, 9.17) is 4.74 Å². The number of aromatic nitrogens is 2. The van der Waals surface area contributed by atoms with Gasteiger partial charge in [0.15, 0.2) is 0 Å². The van der Waals surface area contributed by atoms with Crippen LogP contribution in [0.15, 0.2) is 59.4 Å². The van der Waals surface area contributed by atoms with E-state index >= 15 is 0 Å². The molecule has 0 saturated heterocycles. The minimum atomic E-state index is -0.561. The Hall–Kier alpha value is -4.01. The Labute approximate surface area is 165 Å². The van der Waals surface area contributed by atoms with E-state index in [9.17, 15) is 19.7 Å². The van der Waals surface area contributed by atoms with Gasteiger partial charge in [-0.15, -0.1) is 0 Å². The monoisotopic (exact) mass is 394 g/mol. The van der Waals surface area contributed by atoms with Crippen molar-refractivity contribution in [1.29, 1.82) is 0 Å². The summed E-state index contributed by atoms with van der Waals surface area (Å²) in [5, 5.41) is 17.7. The highest BCUT2D eigenvalue weighted by atomic mass is 16.6. The van der Waals surface area contributed by atoms with Crippen molar-refractivity contribution in [2.24, 2.45) is 0 Å². The molecule has 29 heavy (non-hydrogen) atoms. The maximum absolute atomic E-state index is 12.4. The molecule has 1 aromatic heterocycles. The molecule has 1 N–H and O–H groups in total. The van der Waals surface area contributed by atoms with Crippen molar-refractivity contribution in [2.75, 3.05) is 12.4 Å². The largest absolute Gasteiger partial charge is 0.494 e. The van der Waals surface area contributed by atoms with Crippen LogP contribution in [0.2, 0.25) is 0 Å². The molecule has 3 aromatic rings. The SMILES string of the molecule is COc1cc([N+](=O)[O-])ccc1NC(=O)Cn1nc(-c2ccc(C)cc2)ccc1=O. The Morgan fingerprint density at radius 1 is 1.17 bits per heavy atom. The fourth-order valence-electron chi connectivity index (χ4n) is 2.66. The summed E-state index contributed by atoms with van der Waals surface area (Å²) in [6.45, 7) is 1.65. The molecule has 1 amide bonds. The van der Waals surface area contributed by atoms with Crippen LogP contribution in [0.5, 0.6) is 5.75 Å². The number of nitrogens with one attached hydrogen (secondary N) is 1. The van der Waals surface area contributed by atoms with Crippen molar-refractivity contribution < 1.29 is 14.5 Å². The molecular weight excluding hydrogens is 376 g/mol. The topological polar surface area (TPSA) is 116 Å². The molecule has 0 radical (unpaired) electrons. The highest BCUT2D eigenvalue weighted by Crippen LogP contribution is 2.28. The van der Waals surface area contributed by atoms with Gasteiger partial charge in [-0.1, -0.05) is 29.8 Å². The van der Waals surface area contributed by atoms with Gasteiger partial charge in [-0.05, 0) is 19.1 Å². The molecule has 9 nitrogen and oxygen atoms in total. The first-order chi connectivity index (χ1) is 13.9. The maximum Gasteiger partial charge on any atom is 0.273 e. The number of ether oxygens (including phenoxy) is 1. The molecule has 0 atom stereocenters. The smallest absolute Gasteiger partial charge is 0.273 e. The minimum absolute atomic E-state index is 0.140. The molecule has 0 aliphatic heterocycles. The quantitative estimate of drug-likeness (QED) is 0.508. The molecule has 1 heterocycles. The second kappa shape index (κ2) is 8.34. The predicted octanol–water partition coefficient (Wildman–Crippen LogP) is 2.77. The zero-order valence-electron chi connectivity index (χ0n) is 15.8. The number of nitro groups is 1. The van der Waals surface area contributed by atoms with Gasteiger partial charge in [-0.2, -0.15) is 5.10 Å². The highest BCUT2D eigenvalue weighted by Gasteiger charge is 2.14. The normalized spacial score (nSPS) is 10.4. The number of rotatable bonds is 6. The van der Waals surface area contributed by atoms with Gasteiger partial charge in [0.25, 0.3) is 11.2 Å². The van der Waals surface area contributed by atoms with E-state index in [2.05, 4.69) is 10.4 Å². The summed E-state index contributed by atoms with van der Waals surface area (Å²) in [6, 6.07) is 14.4. The van der Waals surface area contributed by atoms with Gasteiger partial charge >= 0.3 is 0 Å². The molecule has 148 valence electrons. The van der Waals surface area contributed by atoms with E-state index in [0.717, 1.165) is 15.8 Å². The average molecular weight is 394 g/mol. The maximum atomic E-state index is 12.4. The van der Waals surface area contributed by atoms with E-state index in [1.54, 1.807) is 6.07 Å². The average Bonchev–Trinajstić information content (AvgIpc) is 2.70. The van der Waals surface area contributed by atoms with Gasteiger partial charge in [-0.3, -0.25) is 19.7 Å². The number of hydrogen-bond donors (Lipinski definition) is 1. The molecule has 0 aliphatic carbocycles. The Morgan fingerprint density at radius 2 is 1.90 bits per heavy atom. The fourth-order valence-corrected chi connectivity index (χ4v) is 2.66. The van der Waals surface area contributed by atoms with Gasteiger partial charge in [-0.25, -0.2) is 4.68 Å². The van der Waals surface area contributed by atoms with Crippen LogP contribution in [0.4, 0.5) is 11.4 Å². The van der Waals surface area contributed by atoms with Crippen molar-refractivity contribution in [3.05, 3.63) is 80.6 Å². The Morgan fingerprint density at radius 3 is 2.55 bits per heavy atom. The van der Waals surface area contributed by atoms with Crippen molar-refractivity contribution >= 4 is 17.3 Å². The number of anilines is 1. The summed E-state index contributed by atoms with van der Waals surface area (Å²) < 4.78 is 6.15. The number of aryl methyl sites for hydroxylation is 1. The molecule has 2 aromatic carbocycles. The minimum Gasteiger partial charge on any atom is -0.494 e. The van der Waals surface area contributed by atoms with Gasteiger partial charge in [0.1, 0.15) is 12.3 Å². The summed E-state index contributed by atoms with van der Waals surface area (Å²) in [7, 11) is 1.34. The first-order valence-corrected chi connectivity index (χ1v) is 8.65. The summed E-state index contributed by atoms with van der Waals surface area (Å²) >= 11 is 0. The second-order valence-corrected chi connectivity index (χ2v) is 6.27.